The second-order valence-electron chi connectivity index (χ2n) is 3.76. The summed E-state index contributed by atoms with van der Waals surface area (Å²) in [6, 6.07) is 5.45. The molecule has 0 saturated heterocycles. The molecule has 0 aromatic carbocycles. The fraction of sp³-hybridized carbons (Fsp3) is 0.231. The normalized spacial score (nSPS) is 10.9. The number of carbonyl (C=O) groups excluding carboxylic acids is 1. The molecule has 0 aliphatic heterocycles. The first kappa shape index (κ1) is 12.2. The van der Waals surface area contributed by atoms with Gasteiger partial charge >= 0.3 is 0 Å². The predicted octanol–water partition coefficient (Wildman–Crippen LogP) is 1.70. The van der Waals surface area contributed by atoms with E-state index in [1.54, 1.807) is 30.7 Å². The summed E-state index contributed by atoms with van der Waals surface area (Å²) in [6.07, 6.45) is 9.17. The topological polar surface area (TPSA) is 60.1 Å². The van der Waals surface area contributed by atoms with Crippen LogP contribution in [-0.2, 0) is 11.3 Å². The van der Waals surface area contributed by atoms with Crippen molar-refractivity contribution in [3.05, 3.63) is 48.7 Å². The summed E-state index contributed by atoms with van der Waals surface area (Å²) in [5.74, 6) is 0.550. The molecule has 2 heterocycles. The minimum atomic E-state index is -0.119. The molecule has 2 aromatic heterocycles. The Hall–Kier alpha value is -2.30. The lowest BCUT2D eigenvalue weighted by Gasteiger charge is -2.02. The van der Waals surface area contributed by atoms with E-state index in [4.69, 9.17) is 4.42 Å². The van der Waals surface area contributed by atoms with Crippen molar-refractivity contribution in [3.63, 3.8) is 0 Å². The van der Waals surface area contributed by atoms with Gasteiger partial charge in [0.25, 0.3) is 0 Å². The first-order valence-electron chi connectivity index (χ1n) is 5.81. The van der Waals surface area contributed by atoms with Crippen molar-refractivity contribution in [2.45, 2.75) is 13.0 Å². The Bertz CT molecular complexity index is 486. The van der Waals surface area contributed by atoms with Gasteiger partial charge in [-0.1, -0.05) is 0 Å². The van der Waals surface area contributed by atoms with E-state index in [1.165, 1.54) is 6.08 Å². The third kappa shape index (κ3) is 3.93. The van der Waals surface area contributed by atoms with Crippen LogP contribution in [0.1, 0.15) is 12.2 Å². The monoisotopic (exact) mass is 245 g/mol. The third-order valence-corrected chi connectivity index (χ3v) is 2.36. The largest absolute Gasteiger partial charge is 0.465 e. The number of nitrogens with zero attached hydrogens (tertiary/aromatic N) is 2. The van der Waals surface area contributed by atoms with Crippen LogP contribution in [0, 0.1) is 0 Å². The Morgan fingerprint density at radius 1 is 1.50 bits per heavy atom. The molecule has 0 saturated carbocycles. The summed E-state index contributed by atoms with van der Waals surface area (Å²) in [7, 11) is 0. The van der Waals surface area contributed by atoms with Crippen molar-refractivity contribution < 1.29 is 9.21 Å². The summed E-state index contributed by atoms with van der Waals surface area (Å²) in [6.45, 7) is 1.43. The van der Waals surface area contributed by atoms with Gasteiger partial charge in [0.15, 0.2) is 0 Å². The Kier molecular flexibility index (Phi) is 4.35. The van der Waals surface area contributed by atoms with Crippen LogP contribution in [0.25, 0.3) is 6.08 Å². The van der Waals surface area contributed by atoms with Crippen molar-refractivity contribution >= 4 is 12.0 Å². The van der Waals surface area contributed by atoms with Crippen molar-refractivity contribution in [3.8, 4) is 0 Å². The summed E-state index contributed by atoms with van der Waals surface area (Å²) in [4.78, 5) is 11.4. The molecule has 18 heavy (non-hydrogen) atoms. The van der Waals surface area contributed by atoms with Crippen molar-refractivity contribution in [2.75, 3.05) is 6.54 Å². The highest BCUT2D eigenvalue weighted by Crippen LogP contribution is 2.01. The second-order valence-corrected chi connectivity index (χ2v) is 3.76. The molecule has 1 amide bonds. The zero-order valence-electron chi connectivity index (χ0n) is 9.95. The van der Waals surface area contributed by atoms with Crippen LogP contribution in [0.2, 0.25) is 0 Å². The highest BCUT2D eigenvalue weighted by Gasteiger charge is 1.96. The van der Waals surface area contributed by atoms with Crippen LogP contribution in [0.15, 0.2) is 47.3 Å². The van der Waals surface area contributed by atoms with E-state index in [9.17, 15) is 4.79 Å². The van der Waals surface area contributed by atoms with E-state index in [-0.39, 0.29) is 5.91 Å². The standard InChI is InChI=1S/C13H15N3O2/c17-13(6-5-12-4-1-11-18-12)14-7-2-9-16-10-3-8-15-16/h1,3-6,8,10-11H,2,7,9H2,(H,14,17). The molecule has 2 aromatic rings. The van der Waals surface area contributed by atoms with E-state index >= 15 is 0 Å². The average molecular weight is 245 g/mol. The maximum Gasteiger partial charge on any atom is 0.244 e. The van der Waals surface area contributed by atoms with Gasteiger partial charge in [-0.05, 0) is 30.7 Å². The molecule has 0 atom stereocenters. The molecule has 0 unspecified atom stereocenters. The van der Waals surface area contributed by atoms with Gasteiger partial charge < -0.3 is 9.73 Å². The van der Waals surface area contributed by atoms with Crippen molar-refractivity contribution in [2.24, 2.45) is 0 Å². The van der Waals surface area contributed by atoms with E-state index in [1.807, 2.05) is 16.9 Å². The molecular weight excluding hydrogens is 230 g/mol. The Morgan fingerprint density at radius 2 is 2.44 bits per heavy atom. The molecule has 0 fully saturated rings. The number of aryl methyl sites for hydroxylation is 1. The van der Waals surface area contributed by atoms with E-state index in [2.05, 4.69) is 10.4 Å². The SMILES string of the molecule is O=C(C=Cc1ccco1)NCCCn1cccn1. The molecule has 0 radical (unpaired) electrons. The molecule has 0 spiro atoms. The van der Waals surface area contributed by atoms with Gasteiger partial charge in [0.1, 0.15) is 5.76 Å². The summed E-state index contributed by atoms with van der Waals surface area (Å²) in [5.41, 5.74) is 0. The molecular formula is C13H15N3O2. The number of rotatable bonds is 6. The quantitative estimate of drug-likeness (QED) is 0.622. The predicted molar refractivity (Wildman–Crippen MR) is 67.6 cm³/mol. The van der Waals surface area contributed by atoms with Crippen LogP contribution in [0.5, 0.6) is 0 Å². The van der Waals surface area contributed by atoms with Gasteiger partial charge in [-0.25, -0.2) is 0 Å². The second kappa shape index (κ2) is 6.44. The summed E-state index contributed by atoms with van der Waals surface area (Å²) < 4.78 is 6.92. The molecule has 5 nitrogen and oxygen atoms in total. The molecule has 5 heteroatoms. The Balaban J connectivity index is 1.63. The van der Waals surface area contributed by atoms with Crippen LogP contribution >= 0.6 is 0 Å². The zero-order chi connectivity index (χ0) is 12.6. The van der Waals surface area contributed by atoms with Crippen LogP contribution in [0.4, 0.5) is 0 Å². The number of nitrogens with one attached hydrogen (secondary N) is 1. The fourth-order valence-corrected chi connectivity index (χ4v) is 1.49. The molecule has 1 N–H and O–H groups in total. The fourth-order valence-electron chi connectivity index (χ4n) is 1.49. The molecule has 0 bridgehead atoms. The van der Waals surface area contributed by atoms with Gasteiger partial charge in [-0.3, -0.25) is 9.48 Å². The van der Waals surface area contributed by atoms with Crippen LogP contribution in [0.3, 0.4) is 0 Å². The van der Waals surface area contributed by atoms with Gasteiger partial charge in [-0.15, -0.1) is 0 Å². The van der Waals surface area contributed by atoms with Crippen molar-refractivity contribution in [1.82, 2.24) is 15.1 Å². The highest BCUT2D eigenvalue weighted by molar-refractivity contribution is 5.91. The maximum absolute atomic E-state index is 11.4. The minimum absolute atomic E-state index is 0.119. The lowest BCUT2D eigenvalue weighted by molar-refractivity contribution is -0.116. The number of aromatic nitrogens is 2. The van der Waals surface area contributed by atoms with Crippen LogP contribution < -0.4 is 5.32 Å². The highest BCUT2D eigenvalue weighted by atomic mass is 16.3. The molecule has 2 rings (SSSR count). The number of amides is 1. The van der Waals surface area contributed by atoms with Gasteiger partial charge in [0.05, 0.1) is 6.26 Å². The van der Waals surface area contributed by atoms with Gasteiger partial charge in [0.2, 0.25) is 5.91 Å². The average Bonchev–Trinajstić information content (AvgIpc) is 3.04. The maximum atomic E-state index is 11.4. The number of hydrogen-bond acceptors (Lipinski definition) is 3. The summed E-state index contributed by atoms with van der Waals surface area (Å²) >= 11 is 0. The summed E-state index contributed by atoms with van der Waals surface area (Å²) in [5, 5.41) is 6.88. The smallest absolute Gasteiger partial charge is 0.244 e. The van der Waals surface area contributed by atoms with E-state index in [0.29, 0.717) is 12.3 Å². The lowest BCUT2D eigenvalue weighted by Crippen LogP contribution is -2.23. The zero-order valence-corrected chi connectivity index (χ0v) is 9.95. The van der Waals surface area contributed by atoms with E-state index < -0.39 is 0 Å². The lowest BCUT2D eigenvalue weighted by atomic mass is 10.3. The number of furan rings is 1. The van der Waals surface area contributed by atoms with Crippen LogP contribution in [-0.4, -0.2) is 22.2 Å². The molecule has 0 aliphatic rings. The van der Waals surface area contributed by atoms with Crippen molar-refractivity contribution in [1.29, 1.82) is 0 Å². The van der Waals surface area contributed by atoms with Gasteiger partial charge in [-0.2, -0.15) is 5.10 Å². The molecule has 0 aliphatic carbocycles. The number of carbonyl (C=O) groups is 1. The first-order chi connectivity index (χ1) is 8.84. The first-order valence-corrected chi connectivity index (χ1v) is 5.81. The minimum Gasteiger partial charge on any atom is -0.465 e. The number of hydrogen-bond donors (Lipinski definition) is 1. The van der Waals surface area contributed by atoms with Gasteiger partial charge in [0, 0.05) is 31.6 Å². The third-order valence-electron chi connectivity index (χ3n) is 2.36. The Labute approximate surface area is 105 Å². The molecule has 94 valence electrons. The Morgan fingerprint density at radius 3 is 3.17 bits per heavy atom. The van der Waals surface area contributed by atoms with E-state index in [0.717, 1.165) is 13.0 Å².